The summed E-state index contributed by atoms with van der Waals surface area (Å²) in [5.41, 5.74) is 9.08. The van der Waals surface area contributed by atoms with E-state index in [0.717, 1.165) is 26.9 Å². The Labute approximate surface area is 129 Å². The number of aromatic nitrogens is 2. The van der Waals surface area contributed by atoms with Crippen LogP contribution in [0.1, 0.15) is 5.56 Å². The molecule has 0 spiro atoms. The molecule has 1 heterocycles. The minimum Gasteiger partial charge on any atom is -0.497 e. The summed E-state index contributed by atoms with van der Waals surface area (Å²) in [5, 5.41) is 8.94. The molecule has 0 aliphatic carbocycles. The molecule has 3 aromatic rings. The standard InChI is InChI=1S/C15H11BrN4O/c1-21-10-3-5-14-12(7-10)19-15(18)20(14)13-4-2-9(8-17)6-11(13)16/h2-7H,1H3,(H2,18,19). The van der Waals surface area contributed by atoms with Gasteiger partial charge in [-0.25, -0.2) is 4.98 Å². The number of nitriles is 1. The molecular formula is C15H11BrN4O. The Bertz CT molecular complexity index is 879. The Hall–Kier alpha value is -2.52. The third-order valence-electron chi connectivity index (χ3n) is 3.21. The smallest absolute Gasteiger partial charge is 0.205 e. The summed E-state index contributed by atoms with van der Waals surface area (Å²) < 4.78 is 7.81. The zero-order valence-electron chi connectivity index (χ0n) is 11.2. The predicted octanol–water partition coefficient (Wildman–Crippen LogP) is 3.25. The molecule has 0 saturated carbocycles. The SMILES string of the molecule is COc1ccc2c(c1)nc(N)n2-c1ccc(C#N)cc1Br. The van der Waals surface area contributed by atoms with Gasteiger partial charge in [0.25, 0.3) is 0 Å². The van der Waals surface area contributed by atoms with Crippen LogP contribution in [0.25, 0.3) is 16.7 Å². The Morgan fingerprint density at radius 3 is 2.76 bits per heavy atom. The largest absolute Gasteiger partial charge is 0.497 e. The highest BCUT2D eigenvalue weighted by Gasteiger charge is 2.13. The van der Waals surface area contributed by atoms with Gasteiger partial charge in [-0.05, 0) is 46.3 Å². The van der Waals surface area contributed by atoms with E-state index in [9.17, 15) is 0 Å². The number of halogens is 1. The van der Waals surface area contributed by atoms with Crippen molar-refractivity contribution in [3.8, 4) is 17.5 Å². The Morgan fingerprint density at radius 2 is 2.10 bits per heavy atom. The molecule has 5 nitrogen and oxygen atoms in total. The monoisotopic (exact) mass is 342 g/mol. The number of hydrogen-bond acceptors (Lipinski definition) is 4. The number of imidazole rings is 1. The number of nitrogen functional groups attached to an aromatic ring is 1. The summed E-state index contributed by atoms with van der Waals surface area (Å²) in [4.78, 5) is 4.36. The highest BCUT2D eigenvalue weighted by atomic mass is 79.9. The van der Waals surface area contributed by atoms with Crippen molar-refractivity contribution in [3.63, 3.8) is 0 Å². The summed E-state index contributed by atoms with van der Waals surface area (Å²) in [7, 11) is 1.61. The van der Waals surface area contributed by atoms with Gasteiger partial charge in [-0.2, -0.15) is 5.26 Å². The van der Waals surface area contributed by atoms with Gasteiger partial charge in [-0.3, -0.25) is 4.57 Å². The summed E-state index contributed by atoms with van der Waals surface area (Å²) in [6.07, 6.45) is 0. The zero-order valence-corrected chi connectivity index (χ0v) is 12.8. The van der Waals surface area contributed by atoms with Crippen molar-refractivity contribution in [2.45, 2.75) is 0 Å². The summed E-state index contributed by atoms with van der Waals surface area (Å²) in [6, 6.07) is 13.0. The second kappa shape index (κ2) is 5.11. The maximum atomic E-state index is 8.94. The molecule has 3 rings (SSSR count). The van der Waals surface area contributed by atoms with E-state index < -0.39 is 0 Å². The van der Waals surface area contributed by atoms with Crippen LogP contribution < -0.4 is 10.5 Å². The first-order chi connectivity index (χ1) is 10.1. The summed E-state index contributed by atoms with van der Waals surface area (Å²) in [5.74, 6) is 1.11. The van der Waals surface area contributed by atoms with Gasteiger partial charge in [0.1, 0.15) is 5.75 Å². The van der Waals surface area contributed by atoms with Crippen LogP contribution in [0.4, 0.5) is 5.95 Å². The van der Waals surface area contributed by atoms with Crippen LogP contribution in [0, 0.1) is 11.3 Å². The van der Waals surface area contributed by atoms with E-state index in [1.165, 1.54) is 0 Å². The number of methoxy groups -OCH3 is 1. The van der Waals surface area contributed by atoms with E-state index in [0.29, 0.717) is 11.5 Å². The maximum Gasteiger partial charge on any atom is 0.205 e. The number of nitrogens with zero attached hydrogens (tertiary/aromatic N) is 3. The summed E-state index contributed by atoms with van der Waals surface area (Å²) in [6.45, 7) is 0. The lowest BCUT2D eigenvalue weighted by Gasteiger charge is -2.09. The maximum absolute atomic E-state index is 8.94. The number of nitrogens with two attached hydrogens (primary N) is 1. The van der Waals surface area contributed by atoms with Crippen LogP contribution in [0.15, 0.2) is 40.9 Å². The van der Waals surface area contributed by atoms with Crippen LogP contribution >= 0.6 is 15.9 Å². The highest BCUT2D eigenvalue weighted by Crippen LogP contribution is 2.30. The molecule has 104 valence electrons. The number of ether oxygens (including phenoxy) is 1. The fourth-order valence-corrected chi connectivity index (χ4v) is 2.77. The lowest BCUT2D eigenvalue weighted by Crippen LogP contribution is -2.01. The second-order valence-corrected chi connectivity index (χ2v) is 5.29. The minimum absolute atomic E-state index is 0.378. The van der Waals surface area contributed by atoms with Crippen molar-refractivity contribution >= 4 is 32.9 Å². The van der Waals surface area contributed by atoms with Crippen LogP contribution in [0.5, 0.6) is 5.75 Å². The van der Waals surface area contributed by atoms with Crippen LogP contribution in [0.3, 0.4) is 0 Å². The lowest BCUT2D eigenvalue weighted by atomic mass is 10.2. The number of benzene rings is 2. The van der Waals surface area contributed by atoms with Gasteiger partial charge in [0.05, 0.1) is 35.5 Å². The third kappa shape index (κ3) is 2.22. The number of rotatable bonds is 2. The fraction of sp³-hybridized carbons (Fsp3) is 0.0667. The second-order valence-electron chi connectivity index (χ2n) is 4.44. The van der Waals surface area contributed by atoms with Crippen molar-refractivity contribution in [1.82, 2.24) is 9.55 Å². The quantitative estimate of drug-likeness (QED) is 0.775. The molecule has 0 unspecified atom stereocenters. The van der Waals surface area contributed by atoms with E-state index in [-0.39, 0.29) is 0 Å². The van der Waals surface area contributed by atoms with Gasteiger partial charge in [0.2, 0.25) is 5.95 Å². The average molecular weight is 343 g/mol. The van der Waals surface area contributed by atoms with Gasteiger partial charge in [0.15, 0.2) is 0 Å². The van der Waals surface area contributed by atoms with Crippen molar-refractivity contribution in [1.29, 1.82) is 5.26 Å². The lowest BCUT2D eigenvalue weighted by molar-refractivity contribution is 0.415. The normalized spacial score (nSPS) is 10.5. The van der Waals surface area contributed by atoms with Crippen LogP contribution in [-0.2, 0) is 0 Å². The molecule has 6 heteroatoms. The van der Waals surface area contributed by atoms with Gasteiger partial charge >= 0.3 is 0 Å². The van der Waals surface area contributed by atoms with E-state index in [1.54, 1.807) is 19.2 Å². The fourth-order valence-electron chi connectivity index (χ4n) is 2.22. The van der Waals surface area contributed by atoms with Crippen molar-refractivity contribution in [2.75, 3.05) is 12.8 Å². The first kappa shape index (κ1) is 13.5. The summed E-state index contributed by atoms with van der Waals surface area (Å²) >= 11 is 3.48. The van der Waals surface area contributed by atoms with E-state index in [4.69, 9.17) is 15.7 Å². The molecule has 0 radical (unpaired) electrons. The first-order valence-corrected chi connectivity index (χ1v) is 6.95. The number of anilines is 1. The van der Waals surface area contributed by atoms with Crippen LogP contribution in [-0.4, -0.2) is 16.7 Å². The molecule has 0 amide bonds. The topological polar surface area (TPSA) is 76.9 Å². The van der Waals surface area contributed by atoms with Gasteiger partial charge in [0, 0.05) is 10.5 Å². The Balaban J connectivity index is 2.25. The van der Waals surface area contributed by atoms with Crippen molar-refractivity contribution < 1.29 is 4.74 Å². The van der Waals surface area contributed by atoms with E-state index >= 15 is 0 Å². The molecule has 0 aliphatic heterocycles. The average Bonchev–Trinajstić information content (AvgIpc) is 2.82. The Morgan fingerprint density at radius 1 is 1.29 bits per heavy atom. The van der Waals surface area contributed by atoms with E-state index in [1.807, 2.05) is 28.8 Å². The molecule has 0 saturated heterocycles. The third-order valence-corrected chi connectivity index (χ3v) is 3.84. The zero-order chi connectivity index (χ0) is 15.0. The number of hydrogen-bond donors (Lipinski definition) is 1. The van der Waals surface area contributed by atoms with Crippen molar-refractivity contribution in [3.05, 3.63) is 46.4 Å². The van der Waals surface area contributed by atoms with Gasteiger partial charge in [-0.15, -0.1) is 0 Å². The molecule has 0 bridgehead atoms. The molecular weight excluding hydrogens is 332 g/mol. The molecule has 21 heavy (non-hydrogen) atoms. The molecule has 0 fully saturated rings. The predicted molar refractivity (Wildman–Crippen MR) is 84.4 cm³/mol. The first-order valence-electron chi connectivity index (χ1n) is 6.16. The molecule has 2 N–H and O–H groups in total. The van der Waals surface area contributed by atoms with Crippen molar-refractivity contribution in [2.24, 2.45) is 0 Å². The minimum atomic E-state index is 0.378. The molecule has 0 atom stereocenters. The highest BCUT2D eigenvalue weighted by molar-refractivity contribution is 9.10. The van der Waals surface area contributed by atoms with E-state index in [2.05, 4.69) is 27.0 Å². The Kier molecular flexibility index (Phi) is 3.28. The number of fused-ring (bicyclic) bond motifs is 1. The van der Waals surface area contributed by atoms with Gasteiger partial charge < -0.3 is 10.5 Å². The van der Waals surface area contributed by atoms with Gasteiger partial charge in [-0.1, -0.05) is 0 Å². The molecule has 2 aromatic carbocycles. The molecule has 0 aliphatic rings. The van der Waals surface area contributed by atoms with Crippen LogP contribution in [0.2, 0.25) is 0 Å². The molecule has 1 aromatic heterocycles.